The van der Waals surface area contributed by atoms with Crippen molar-refractivity contribution in [1.82, 2.24) is 29.7 Å². The molecule has 0 aliphatic heterocycles. The van der Waals surface area contributed by atoms with Crippen molar-refractivity contribution in [3.05, 3.63) is 49.5 Å². The molecule has 4 heterocycles. The van der Waals surface area contributed by atoms with Crippen LogP contribution in [0.25, 0.3) is 21.3 Å². The maximum absolute atomic E-state index is 12.9. The maximum atomic E-state index is 12.9. The number of rotatable bonds is 5. The number of hydrogen-bond donors (Lipinski definition) is 3. The van der Waals surface area contributed by atoms with Gasteiger partial charge in [0.2, 0.25) is 0 Å². The summed E-state index contributed by atoms with van der Waals surface area (Å²) in [5.41, 5.74) is 12.6. The molecule has 11 heteroatoms. The van der Waals surface area contributed by atoms with Crippen LogP contribution in [0.2, 0.25) is 0 Å². The topological polar surface area (TPSA) is 130 Å². The quantitative estimate of drug-likeness (QED) is 0.335. The molecular weight excluding hydrogens is 384 g/mol. The molecule has 140 valence electrons. The molecule has 0 aliphatic rings. The van der Waals surface area contributed by atoms with E-state index in [2.05, 4.69) is 22.4 Å². The highest BCUT2D eigenvalue weighted by Gasteiger charge is 2.19. The summed E-state index contributed by atoms with van der Waals surface area (Å²) in [5, 5.41) is 6.03. The Morgan fingerprint density at radius 1 is 1.44 bits per heavy atom. The van der Waals surface area contributed by atoms with E-state index in [-0.39, 0.29) is 12.1 Å². The number of thiazole rings is 2. The van der Waals surface area contributed by atoms with E-state index < -0.39 is 0 Å². The van der Waals surface area contributed by atoms with Gasteiger partial charge in [-0.2, -0.15) is 5.10 Å². The summed E-state index contributed by atoms with van der Waals surface area (Å²) in [6.45, 7) is 2.21. The molecule has 0 amide bonds. The predicted molar refractivity (Wildman–Crippen MR) is 107 cm³/mol. The van der Waals surface area contributed by atoms with Crippen molar-refractivity contribution in [3.63, 3.8) is 0 Å². The lowest BCUT2D eigenvalue weighted by atomic mass is 10.3. The molecule has 0 spiro atoms. The smallest absolute Gasteiger partial charge is 0.291 e. The summed E-state index contributed by atoms with van der Waals surface area (Å²) in [6.07, 6.45) is 3.81. The zero-order valence-corrected chi connectivity index (χ0v) is 16.4. The SMILES string of the molecule is Cc1scnc1Cc1nc2c(s1)c1cnn(C/C(N)=C/NN)c(=O)c1n2C. The number of aryl methyl sites for hydroxylation is 2. The first-order valence-corrected chi connectivity index (χ1v) is 9.82. The Kier molecular flexibility index (Phi) is 4.42. The molecule has 9 nitrogen and oxygen atoms in total. The van der Waals surface area contributed by atoms with Crippen LogP contribution in [0.15, 0.2) is 28.4 Å². The lowest BCUT2D eigenvalue weighted by molar-refractivity contribution is 0.628. The van der Waals surface area contributed by atoms with E-state index in [4.69, 9.17) is 16.6 Å². The molecular formula is C16H18N8OS2. The molecule has 0 saturated carbocycles. The van der Waals surface area contributed by atoms with Gasteiger partial charge in [0, 0.05) is 35.6 Å². The molecule has 4 aromatic rings. The van der Waals surface area contributed by atoms with E-state index in [9.17, 15) is 4.79 Å². The van der Waals surface area contributed by atoms with E-state index in [0.717, 1.165) is 26.4 Å². The summed E-state index contributed by atoms with van der Waals surface area (Å²) in [7, 11) is 1.84. The van der Waals surface area contributed by atoms with Crippen LogP contribution in [0.4, 0.5) is 0 Å². The number of nitrogens with two attached hydrogens (primary N) is 2. The third-order valence-corrected chi connectivity index (χ3v) is 6.21. The maximum Gasteiger partial charge on any atom is 0.291 e. The van der Waals surface area contributed by atoms with Gasteiger partial charge in [-0.05, 0) is 6.92 Å². The van der Waals surface area contributed by atoms with Gasteiger partial charge in [0.05, 0.1) is 28.6 Å². The van der Waals surface area contributed by atoms with Crippen molar-refractivity contribution in [1.29, 1.82) is 0 Å². The van der Waals surface area contributed by atoms with Gasteiger partial charge in [0.15, 0.2) is 5.65 Å². The summed E-state index contributed by atoms with van der Waals surface area (Å²) < 4.78 is 4.09. The van der Waals surface area contributed by atoms with Gasteiger partial charge < -0.3 is 15.7 Å². The molecule has 0 aromatic carbocycles. The zero-order valence-electron chi connectivity index (χ0n) is 14.8. The number of aromatic nitrogens is 5. The molecule has 4 aromatic heterocycles. The minimum absolute atomic E-state index is 0.152. The summed E-state index contributed by atoms with van der Waals surface area (Å²) in [5.74, 6) is 5.22. The van der Waals surface area contributed by atoms with Crippen LogP contribution in [0.3, 0.4) is 0 Å². The molecule has 0 atom stereocenters. The van der Waals surface area contributed by atoms with Crippen molar-refractivity contribution < 1.29 is 0 Å². The van der Waals surface area contributed by atoms with Crippen LogP contribution in [0, 0.1) is 6.92 Å². The Morgan fingerprint density at radius 3 is 2.96 bits per heavy atom. The Balaban J connectivity index is 1.79. The number of hydrazine groups is 1. The molecule has 0 fully saturated rings. The van der Waals surface area contributed by atoms with E-state index in [1.165, 1.54) is 15.8 Å². The molecule has 5 N–H and O–H groups in total. The number of allylic oxidation sites excluding steroid dienone is 1. The Labute approximate surface area is 161 Å². The Bertz CT molecular complexity index is 1230. The summed E-state index contributed by atoms with van der Waals surface area (Å²) in [6, 6.07) is 0. The first kappa shape index (κ1) is 17.6. The minimum atomic E-state index is -0.217. The number of hydrogen-bond acceptors (Lipinski definition) is 9. The number of nitrogens with zero attached hydrogens (tertiary/aromatic N) is 5. The normalized spacial score (nSPS) is 12.3. The fourth-order valence-corrected chi connectivity index (χ4v) is 4.70. The van der Waals surface area contributed by atoms with Crippen LogP contribution in [0.5, 0.6) is 0 Å². The molecule has 27 heavy (non-hydrogen) atoms. The zero-order chi connectivity index (χ0) is 19.1. The first-order chi connectivity index (χ1) is 13.0. The first-order valence-electron chi connectivity index (χ1n) is 8.13. The van der Waals surface area contributed by atoms with Crippen LogP contribution in [0.1, 0.15) is 15.6 Å². The highest BCUT2D eigenvalue weighted by molar-refractivity contribution is 7.19. The monoisotopic (exact) mass is 402 g/mol. The third kappa shape index (κ3) is 2.99. The second kappa shape index (κ2) is 6.76. The summed E-state index contributed by atoms with van der Waals surface area (Å²) in [4.78, 5) is 23.2. The lowest BCUT2D eigenvalue weighted by Crippen LogP contribution is -2.27. The van der Waals surface area contributed by atoms with E-state index in [0.29, 0.717) is 17.6 Å². The molecule has 0 bridgehead atoms. The van der Waals surface area contributed by atoms with Crippen molar-refractivity contribution in [2.45, 2.75) is 19.9 Å². The highest BCUT2D eigenvalue weighted by Crippen LogP contribution is 2.32. The summed E-state index contributed by atoms with van der Waals surface area (Å²) >= 11 is 3.20. The third-order valence-electron chi connectivity index (χ3n) is 4.33. The van der Waals surface area contributed by atoms with Gasteiger partial charge in [-0.25, -0.2) is 14.6 Å². The Morgan fingerprint density at radius 2 is 2.26 bits per heavy atom. The predicted octanol–water partition coefficient (Wildman–Crippen LogP) is 0.964. The number of nitrogens with one attached hydrogen (secondary N) is 1. The minimum Gasteiger partial charge on any atom is -0.399 e. The highest BCUT2D eigenvalue weighted by atomic mass is 32.1. The van der Waals surface area contributed by atoms with Gasteiger partial charge >= 0.3 is 0 Å². The van der Waals surface area contributed by atoms with E-state index in [1.807, 2.05) is 17.1 Å². The van der Waals surface area contributed by atoms with E-state index >= 15 is 0 Å². The molecule has 4 rings (SSSR count). The van der Waals surface area contributed by atoms with Crippen LogP contribution < -0.4 is 22.6 Å². The Hall–Kier alpha value is -2.76. The fourth-order valence-electron chi connectivity index (χ4n) is 2.99. The second-order valence-corrected chi connectivity index (χ2v) is 8.25. The van der Waals surface area contributed by atoms with Gasteiger partial charge in [-0.3, -0.25) is 10.6 Å². The van der Waals surface area contributed by atoms with Crippen LogP contribution in [-0.4, -0.2) is 24.3 Å². The average molecular weight is 403 g/mol. The molecule has 0 unspecified atom stereocenters. The number of fused-ring (bicyclic) bond motifs is 3. The van der Waals surface area contributed by atoms with Crippen molar-refractivity contribution >= 4 is 43.9 Å². The van der Waals surface area contributed by atoms with Gasteiger partial charge in [0.25, 0.3) is 5.56 Å². The van der Waals surface area contributed by atoms with Crippen molar-refractivity contribution in [2.24, 2.45) is 18.6 Å². The van der Waals surface area contributed by atoms with Crippen molar-refractivity contribution in [3.8, 4) is 0 Å². The standard InChI is InChI=1S/C16H18N8OS2/c1-8-11(19-7-26-8)3-12-22-15-14(27-12)10-5-21-24(6-9(17)4-20-18)16(25)13(10)23(15)2/h4-5,7,20H,3,6,17-18H2,1-2H3/b9-4-. The average Bonchev–Trinajstić information content (AvgIpc) is 3.29. The van der Waals surface area contributed by atoms with Gasteiger partial charge in [0.1, 0.15) is 10.5 Å². The van der Waals surface area contributed by atoms with Crippen LogP contribution >= 0.6 is 22.7 Å². The molecule has 0 aliphatic carbocycles. The van der Waals surface area contributed by atoms with Crippen molar-refractivity contribution in [2.75, 3.05) is 0 Å². The lowest BCUT2D eigenvalue weighted by Gasteiger charge is -2.05. The fraction of sp³-hybridized carbons (Fsp3) is 0.250. The molecule has 0 radical (unpaired) electrons. The second-order valence-electron chi connectivity index (χ2n) is 6.11. The van der Waals surface area contributed by atoms with E-state index in [1.54, 1.807) is 28.9 Å². The van der Waals surface area contributed by atoms with Gasteiger partial charge in [-0.1, -0.05) is 0 Å². The van der Waals surface area contributed by atoms with Gasteiger partial charge in [-0.15, -0.1) is 22.7 Å². The largest absolute Gasteiger partial charge is 0.399 e. The molecule has 0 saturated heterocycles. The van der Waals surface area contributed by atoms with Crippen LogP contribution in [-0.2, 0) is 20.0 Å².